The first-order chi connectivity index (χ1) is 11.1. The van der Waals surface area contributed by atoms with Crippen LogP contribution in [0.3, 0.4) is 0 Å². The lowest BCUT2D eigenvalue weighted by atomic mass is 9.62. The molecular weight excluding hydrogens is 314 g/mol. The summed E-state index contributed by atoms with van der Waals surface area (Å²) in [6.45, 7) is 0.489. The molecule has 0 heterocycles. The highest BCUT2D eigenvalue weighted by Gasteiger charge is 2.47. The lowest BCUT2D eigenvalue weighted by molar-refractivity contribution is -0.152. The molecule has 2 bridgehead atoms. The summed E-state index contributed by atoms with van der Waals surface area (Å²) in [5.41, 5.74) is 1.05. The number of halogens is 1. The summed E-state index contributed by atoms with van der Waals surface area (Å²) in [5, 5.41) is 13.1. The third-order valence-electron chi connectivity index (χ3n) is 4.94. The van der Waals surface area contributed by atoms with Gasteiger partial charge in [-0.15, -0.1) is 0 Å². The van der Waals surface area contributed by atoms with Crippen molar-refractivity contribution in [2.75, 3.05) is 6.54 Å². The Kier molecular flexibility index (Phi) is 4.71. The lowest BCUT2D eigenvalue weighted by Gasteiger charge is -2.41. The van der Waals surface area contributed by atoms with E-state index in [1.54, 1.807) is 0 Å². The van der Waals surface area contributed by atoms with Gasteiger partial charge in [-0.1, -0.05) is 35.9 Å². The Morgan fingerprint density at radius 1 is 1.17 bits per heavy atom. The molecule has 1 aromatic carbocycles. The van der Waals surface area contributed by atoms with Crippen LogP contribution in [0.15, 0.2) is 36.4 Å². The molecule has 1 saturated carbocycles. The summed E-state index contributed by atoms with van der Waals surface area (Å²) in [7, 11) is 0. The molecule has 4 nitrogen and oxygen atoms in total. The van der Waals surface area contributed by atoms with Gasteiger partial charge in [-0.25, -0.2) is 0 Å². The Balaban J connectivity index is 1.61. The van der Waals surface area contributed by atoms with Crippen LogP contribution in [-0.4, -0.2) is 23.5 Å². The van der Waals surface area contributed by atoms with Gasteiger partial charge < -0.3 is 10.4 Å². The predicted octanol–water partition coefficient (Wildman–Crippen LogP) is 2.91. The first-order valence-electron chi connectivity index (χ1n) is 7.99. The molecule has 122 valence electrons. The van der Waals surface area contributed by atoms with Gasteiger partial charge in [-0.3, -0.25) is 9.59 Å². The van der Waals surface area contributed by atoms with Crippen LogP contribution in [0.2, 0.25) is 5.02 Å². The molecule has 1 aromatic rings. The summed E-state index contributed by atoms with van der Waals surface area (Å²) >= 11 is 5.94. The van der Waals surface area contributed by atoms with E-state index in [-0.39, 0.29) is 17.7 Å². The molecule has 0 aromatic heterocycles. The van der Waals surface area contributed by atoms with Gasteiger partial charge in [-0.05, 0) is 48.8 Å². The molecule has 5 heteroatoms. The molecule has 4 atom stereocenters. The van der Waals surface area contributed by atoms with Crippen LogP contribution in [0.4, 0.5) is 0 Å². The van der Waals surface area contributed by atoms with Crippen LogP contribution in [-0.2, 0) is 16.0 Å². The summed E-state index contributed by atoms with van der Waals surface area (Å²) in [5.74, 6) is -2.01. The van der Waals surface area contributed by atoms with Gasteiger partial charge in [0.2, 0.25) is 5.91 Å². The Morgan fingerprint density at radius 3 is 2.48 bits per heavy atom. The van der Waals surface area contributed by atoms with Gasteiger partial charge in [0.15, 0.2) is 0 Å². The summed E-state index contributed by atoms with van der Waals surface area (Å²) < 4.78 is 0. The lowest BCUT2D eigenvalue weighted by Crippen LogP contribution is -2.49. The van der Waals surface area contributed by atoms with Crippen molar-refractivity contribution >= 4 is 23.5 Å². The number of amides is 1. The molecule has 0 radical (unpaired) electrons. The maximum absolute atomic E-state index is 12.5. The molecule has 3 aliphatic carbocycles. The second kappa shape index (κ2) is 6.75. The number of hydrogen-bond donors (Lipinski definition) is 2. The average Bonchev–Trinajstić information content (AvgIpc) is 2.55. The summed E-state index contributed by atoms with van der Waals surface area (Å²) in [6, 6.07) is 7.53. The smallest absolute Gasteiger partial charge is 0.307 e. The number of carboxylic acid groups (broad SMARTS) is 1. The number of benzene rings is 1. The average molecular weight is 334 g/mol. The number of carboxylic acids is 1. The number of hydrogen-bond acceptors (Lipinski definition) is 2. The van der Waals surface area contributed by atoms with Crippen molar-refractivity contribution < 1.29 is 14.7 Å². The fourth-order valence-corrected chi connectivity index (χ4v) is 4.04. The van der Waals surface area contributed by atoms with Gasteiger partial charge in [0, 0.05) is 11.6 Å². The highest BCUT2D eigenvalue weighted by Crippen LogP contribution is 2.45. The second-order valence-electron chi connectivity index (χ2n) is 6.35. The quantitative estimate of drug-likeness (QED) is 0.814. The van der Waals surface area contributed by atoms with E-state index in [1.807, 2.05) is 36.4 Å². The van der Waals surface area contributed by atoms with Crippen molar-refractivity contribution in [3.8, 4) is 0 Å². The van der Waals surface area contributed by atoms with Crippen LogP contribution in [0.25, 0.3) is 0 Å². The highest BCUT2D eigenvalue weighted by atomic mass is 35.5. The maximum Gasteiger partial charge on any atom is 0.307 e. The van der Waals surface area contributed by atoms with Crippen molar-refractivity contribution in [1.29, 1.82) is 0 Å². The van der Waals surface area contributed by atoms with Gasteiger partial charge >= 0.3 is 5.97 Å². The predicted molar refractivity (Wildman–Crippen MR) is 88.1 cm³/mol. The maximum atomic E-state index is 12.5. The van der Waals surface area contributed by atoms with Gasteiger partial charge in [0.1, 0.15) is 0 Å². The van der Waals surface area contributed by atoms with Crippen LogP contribution < -0.4 is 5.32 Å². The third-order valence-corrected chi connectivity index (χ3v) is 5.17. The number of allylic oxidation sites excluding steroid dienone is 2. The largest absolute Gasteiger partial charge is 0.481 e. The molecule has 0 saturated heterocycles. The number of nitrogens with one attached hydrogen (secondary N) is 1. The minimum Gasteiger partial charge on any atom is -0.481 e. The summed E-state index contributed by atoms with van der Waals surface area (Å²) in [6.07, 6.45) is 6.44. The number of carbonyl (C=O) groups is 2. The molecule has 1 amide bonds. The van der Waals surface area contributed by atoms with Crippen LogP contribution >= 0.6 is 11.6 Å². The Labute approximate surface area is 140 Å². The second-order valence-corrected chi connectivity index (χ2v) is 6.79. The molecule has 2 N–H and O–H groups in total. The van der Waals surface area contributed by atoms with Crippen molar-refractivity contribution in [1.82, 2.24) is 5.32 Å². The van der Waals surface area contributed by atoms with E-state index in [9.17, 15) is 14.7 Å². The van der Waals surface area contributed by atoms with Crippen LogP contribution in [0.5, 0.6) is 0 Å². The van der Waals surface area contributed by atoms with Crippen LogP contribution in [0, 0.1) is 23.7 Å². The molecule has 0 aliphatic heterocycles. The van der Waals surface area contributed by atoms with Crippen molar-refractivity contribution in [2.24, 2.45) is 23.7 Å². The molecular formula is C18H20ClNO3. The molecule has 23 heavy (non-hydrogen) atoms. The number of fused-ring (bicyclic) bond motifs is 2. The molecule has 0 unspecified atom stereocenters. The van der Waals surface area contributed by atoms with Crippen molar-refractivity contribution in [3.05, 3.63) is 47.0 Å². The number of aliphatic carboxylic acids is 1. The standard InChI is InChI=1S/C18H20ClNO3/c19-14-3-1-2-11(10-14)8-9-20-17(21)15-12-4-6-13(7-5-12)16(15)18(22)23/h1-4,6,10,12-13,15-16H,5,7-9H2,(H,20,21)(H,22,23)/t12-,13-,15-,16-/m0/s1. The van der Waals surface area contributed by atoms with Crippen LogP contribution in [0.1, 0.15) is 18.4 Å². The Hall–Kier alpha value is -1.81. The van der Waals surface area contributed by atoms with Gasteiger partial charge in [-0.2, -0.15) is 0 Å². The van der Waals surface area contributed by atoms with E-state index >= 15 is 0 Å². The van der Waals surface area contributed by atoms with Gasteiger partial charge in [0.25, 0.3) is 0 Å². The first kappa shape index (κ1) is 16.1. The minimum absolute atomic E-state index is 0.0128. The molecule has 3 aliphatic rings. The van der Waals surface area contributed by atoms with Crippen molar-refractivity contribution in [2.45, 2.75) is 19.3 Å². The van der Waals surface area contributed by atoms with E-state index in [4.69, 9.17) is 11.6 Å². The zero-order chi connectivity index (χ0) is 16.4. The Morgan fingerprint density at radius 2 is 1.87 bits per heavy atom. The number of rotatable bonds is 5. The monoisotopic (exact) mass is 333 g/mol. The van der Waals surface area contributed by atoms with E-state index in [1.165, 1.54) is 0 Å². The minimum atomic E-state index is -0.862. The topological polar surface area (TPSA) is 66.4 Å². The highest BCUT2D eigenvalue weighted by molar-refractivity contribution is 6.30. The zero-order valence-electron chi connectivity index (χ0n) is 12.7. The SMILES string of the molecule is O=C(O)[C@@H]1[C@@H](C(=O)NCCc2cccc(Cl)c2)[C@H]2C=C[C@H]1CC2. The normalized spacial score (nSPS) is 28.6. The van der Waals surface area contributed by atoms with Gasteiger partial charge in [0.05, 0.1) is 11.8 Å². The van der Waals surface area contributed by atoms with E-state index in [0.717, 1.165) is 18.4 Å². The number of carbonyl (C=O) groups excluding carboxylic acids is 1. The molecule has 4 rings (SSSR count). The Bertz CT molecular complexity index is 643. The zero-order valence-corrected chi connectivity index (χ0v) is 13.5. The fraction of sp³-hybridized carbons (Fsp3) is 0.444. The van der Waals surface area contributed by atoms with E-state index in [0.29, 0.717) is 18.0 Å². The molecule has 1 fully saturated rings. The summed E-state index contributed by atoms with van der Waals surface area (Å²) in [4.78, 5) is 24.1. The van der Waals surface area contributed by atoms with E-state index < -0.39 is 17.8 Å². The molecule has 0 spiro atoms. The van der Waals surface area contributed by atoms with Crippen molar-refractivity contribution in [3.63, 3.8) is 0 Å². The van der Waals surface area contributed by atoms with E-state index in [2.05, 4.69) is 5.32 Å². The first-order valence-corrected chi connectivity index (χ1v) is 8.37. The third kappa shape index (κ3) is 3.42. The fourth-order valence-electron chi connectivity index (χ4n) is 3.83.